The van der Waals surface area contributed by atoms with Crippen molar-refractivity contribution in [1.29, 1.82) is 0 Å². The first-order valence-corrected chi connectivity index (χ1v) is 16.0. The second kappa shape index (κ2) is 10.1. The lowest BCUT2D eigenvalue weighted by Gasteiger charge is -2.14. The number of aromatic nitrogens is 3. The molecule has 218 valence electrons. The predicted molar refractivity (Wildman–Crippen MR) is 197 cm³/mol. The van der Waals surface area contributed by atoms with Crippen molar-refractivity contribution in [2.24, 2.45) is 0 Å². The maximum absolute atomic E-state index is 5.41. The van der Waals surface area contributed by atoms with Gasteiger partial charge in [0.1, 0.15) is 0 Å². The van der Waals surface area contributed by atoms with Gasteiger partial charge in [-0.05, 0) is 57.3 Å². The van der Waals surface area contributed by atoms with Crippen molar-refractivity contribution in [3.8, 4) is 28.2 Å². The van der Waals surface area contributed by atoms with E-state index < -0.39 is 0 Å². The molecule has 0 aliphatic carbocycles. The summed E-state index contributed by atoms with van der Waals surface area (Å²) in [5.41, 5.74) is 9.15. The Morgan fingerprint density at radius 2 is 0.872 bits per heavy atom. The molecule has 0 aliphatic heterocycles. The Kier molecular flexibility index (Phi) is 5.57. The second-order valence-electron chi connectivity index (χ2n) is 12.2. The van der Waals surface area contributed by atoms with Crippen molar-refractivity contribution in [3.05, 3.63) is 164 Å². The fraction of sp³-hybridized carbons (Fsp3) is 0. The van der Waals surface area contributed by atoms with Gasteiger partial charge in [0, 0.05) is 33.0 Å². The van der Waals surface area contributed by atoms with E-state index in [1.807, 2.05) is 12.1 Å². The van der Waals surface area contributed by atoms with Gasteiger partial charge < -0.3 is 4.57 Å². The normalized spacial score (nSPS) is 11.8. The average Bonchev–Trinajstić information content (AvgIpc) is 3.50. The third-order valence-electron chi connectivity index (χ3n) is 9.53. The summed E-state index contributed by atoms with van der Waals surface area (Å²) in [6, 6.07) is 58.3. The number of hydrogen-bond acceptors (Lipinski definition) is 2. The van der Waals surface area contributed by atoms with Crippen LogP contribution in [0.5, 0.6) is 0 Å². The van der Waals surface area contributed by atoms with Crippen LogP contribution >= 0.6 is 0 Å². The first kappa shape index (κ1) is 26.0. The minimum absolute atomic E-state index is 0.882. The van der Waals surface area contributed by atoms with Crippen molar-refractivity contribution in [2.75, 3.05) is 0 Å². The fourth-order valence-electron chi connectivity index (χ4n) is 7.39. The van der Waals surface area contributed by atoms with E-state index in [1.54, 1.807) is 0 Å². The molecular weight excluding hydrogens is 571 g/mol. The standard InChI is InChI=1S/C44H27N3/c1-3-13-31(14-4-1)42-43(32-15-5-2-6-16-32)46-44-36-27-33(23-19-30(36)20-24-37(44)45-42)47-38-25-21-28-11-7-9-17-34(28)40(38)41-35-18-10-8-12-29(35)22-26-39(41)47/h1-27H. The lowest BCUT2D eigenvalue weighted by atomic mass is 10.00. The first-order valence-electron chi connectivity index (χ1n) is 16.0. The zero-order chi connectivity index (χ0) is 30.9. The summed E-state index contributed by atoms with van der Waals surface area (Å²) in [6.07, 6.45) is 0. The van der Waals surface area contributed by atoms with Crippen LogP contribution in [0, 0.1) is 0 Å². The summed E-state index contributed by atoms with van der Waals surface area (Å²) in [4.78, 5) is 10.7. The highest BCUT2D eigenvalue weighted by atomic mass is 15.0. The lowest BCUT2D eigenvalue weighted by Crippen LogP contribution is -1.97. The fourth-order valence-corrected chi connectivity index (χ4v) is 7.39. The predicted octanol–water partition coefficient (Wildman–Crippen LogP) is 11.5. The molecule has 0 spiro atoms. The van der Waals surface area contributed by atoms with Gasteiger partial charge in [0.25, 0.3) is 0 Å². The second-order valence-corrected chi connectivity index (χ2v) is 12.2. The molecule has 0 saturated heterocycles. The first-order chi connectivity index (χ1) is 23.3. The number of benzene rings is 8. The van der Waals surface area contributed by atoms with Crippen molar-refractivity contribution >= 4 is 65.2 Å². The molecule has 0 bridgehead atoms. The molecule has 0 fully saturated rings. The summed E-state index contributed by atoms with van der Waals surface area (Å²) in [5, 5.41) is 9.81. The molecule has 2 aromatic heterocycles. The molecule has 0 unspecified atom stereocenters. The van der Waals surface area contributed by atoms with Gasteiger partial charge in [-0.1, -0.05) is 133 Å². The highest BCUT2D eigenvalue weighted by Crippen LogP contribution is 2.41. The van der Waals surface area contributed by atoms with Gasteiger partial charge in [-0.25, -0.2) is 9.97 Å². The van der Waals surface area contributed by atoms with E-state index >= 15 is 0 Å². The molecule has 0 N–H and O–H groups in total. The highest BCUT2D eigenvalue weighted by molar-refractivity contribution is 6.28. The van der Waals surface area contributed by atoms with Crippen molar-refractivity contribution in [3.63, 3.8) is 0 Å². The SMILES string of the molecule is c1ccc(-c2nc3ccc4ccc(-n5c6ccc7ccccc7c6c6c7ccccc7ccc65)cc4c3nc2-c2ccccc2)cc1. The Labute approximate surface area is 271 Å². The number of hydrogen-bond donors (Lipinski definition) is 0. The van der Waals surface area contributed by atoms with E-state index in [0.717, 1.165) is 50.0 Å². The van der Waals surface area contributed by atoms with Gasteiger partial charge in [-0.2, -0.15) is 0 Å². The summed E-state index contributed by atoms with van der Waals surface area (Å²) in [5.74, 6) is 0. The monoisotopic (exact) mass is 597 g/mol. The molecule has 10 aromatic rings. The summed E-state index contributed by atoms with van der Waals surface area (Å²) in [7, 11) is 0. The maximum atomic E-state index is 5.41. The van der Waals surface area contributed by atoms with Crippen LogP contribution in [-0.4, -0.2) is 14.5 Å². The number of nitrogens with zero attached hydrogens (tertiary/aromatic N) is 3. The van der Waals surface area contributed by atoms with E-state index in [4.69, 9.17) is 9.97 Å². The molecular formula is C44H27N3. The quantitative estimate of drug-likeness (QED) is 0.190. The van der Waals surface area contributed by atoms with Gasteiger partial charge in [-0.3, -0.25) is 0 Å². The van der Waals surface area contributed by atoms with Crippen LogP contribution in [0.25, 0.3) is 93.4 Å². The van der Waals surface area contributed by atoms with E-state index in [1.165, 1.54) is 43.4 Å². The summed E-state index contributed by atoms with van der Waals surface area (Å²) in [6.45, 7) is 0. The van der Waals surface area contributed by atoms with Crippen LogP contribution < -0.4 is 0 Å². The highest BCUT2D eigenvalue weighted by Gasteiger charge is 2.19. The molecule has 0 aliphatic rings. The largest absolute Gasteiger partial charge is 0.309 e. The van der Waals surface area contributed by atoms with Crippen LogP contribution in [-0.2, 0) is 0 Å². The summed E-state index contributed by atoms with van der Waals surface area (Å²) < 4.78 is 2.42. The number of rotatable bonds is 3. The van der Waals surface area contributed by atoms with Crippen LogP contribution in [0.1, 0.15) is 0 Å². The molecule has 2 heterocycles. The molecule has 3 heteroatoms. The van der Waals surface area contributed by atoms with Gasteiger partial charge in [0.05, 0.1) is 33.5 Å². The van der Waals surface area contributed by atoms with Crippen molar-refractivity contribution < 1.29 is 0 Å². The Hall–Kier alpha value is -6.32. The lowest BCUT2D eigenvalue weighted by molar-refractivity contribution is 1.19. The third kappa shape index (κ3) is 3.93. The molecule has 0 amide bonds. The Morgan fingerprint density at radius 3 is 1.49 bits per heavy atom. The van der Waals surface area contributed by atoms with E-state index in [9.17, 15) is 0 Å². The van der Waals surface area contributed by atoms with Gasteiger partial charge in [0.2, 0.25) is 0 Å². The average molecular weight is 598 g/mol. The van der Waals surface area contributed by atoms with E-state index in [2.05, 4.69) is 156 Å². The maximum Gasteiger partial charge on any atom is 0.0973 e. The van der Waals surface area contributed by atoms with Gasteiger partial charge >= 0.3 is 0 Å². The van der Waals surface area contributed by atoms with E-state index in [0.29, 0.717) is 0 Å². The van der Waals surface area contributed by atoms with Crippen LogP contribution in [0.2, 0.25) is 0 Å². The van der Waals surface area contributed by atoms with Gasteiger partial charge in [-0.15, -0.1) is 0 Å². The smallest absolute Gasteiger partial charge is 0.0973 e. The van der Waals surface area contributed by atoms with Crippen molar-refractivity contribution in [2.45, 2.75) is 0 Å². The zero-order valence-electron chi connectivity index (χ0n) is 25.4. The van der Waals surface area contributed by atoms with Crippen LogP contribution in [0.4, 0.5) is 0 Å². The van der Waals surface area contributed by atoms with Gasteiger partial charge in [0.15, 0.2) is 0 Å². The van der Waals surface area contributed by atoms with E-state index in [-0.39, 0.29) is 0 Å². The minimum Gasteiger partial charge on any atom is -0.309 e. The molecule has 3 nitrogen and oxygen atoms in total. The number of fused-ring (bicyclic) bond motifs is 10. The Morgan fingerprint density at radius 1 is 0.383 bits per heavy atom. The Bertz CT molecular complexity index is 2740. The molecule has 0 atom stereocenters. The molecule has 8 aromatic carbocycles. The zero-order valence-corrected chi connectivity index (χ0v) is 25.4. The van der Waals surface area contributed by atoms with Crippen LogP contribution in [0.3, 0.4) is 0 Å². The minimum atomic E-state index is 0.882. The summed E-state index contributed by atoms with van der Waals surface area (Å²) >= 11 is 0. The molecule has 0 saturated carbocycles. The molecule has 47 heavy (non-hydrogen) atoms. The molecule has 0 radical (unpaired) electrons. The topological polar surface area (TPSA) is 30.7 Å². The van der Waals surface area contributed by atoms with Crippen molar-refractivity contribution in [1.82, 2.24) is 14.5 Å². The van der Waals surface area contributed by atoms with Crippen LogP contribution in [0.15, 0.2) is 164 Å². The third-order valence-corrected chi connectivity index (χ3v) is 9.53. The Balaban J connectivity index is 1.30. The molecule has 10 rings (SSSR count).